The van der Waals surface area contributed by atoms with Crippen molar-refractivity contribution in [3.8, 4) is 0 Å². The molecule has 0 aromatic rings. The standard InChI is InChI=1S/C60H110NO7P/c1-6-8-10-12-14-16-18-20-22-24-26-28-29-30-31-32-34-36-38-40-42-44-46-48-50-52-55-65-57-59(58-67-69(63,64)66-56-54-61(3,4)5)68-60(62)53-51-49-47-45-43-41-39-37-35-33-27-25-23-21-19-17-15-13-11-9-7-2/h18-21,24-27,29-30,35,37,59H,6-17,22-23,28,31-34,36,38-58H2,1-5H3/p+1/b20-18-,21-19-,26-24-,27-25-,30-29-,37-35-. The highest BCUT2D eigenvalue weighted by Crippen LogP contribution is 2.43. The molecular formula is C60H111NO7P+. The van der Waals surface area contributed by atoms with E-state index >= 15 is 0 Å². The van der Waals surface area contributed by atoms with Gasteiger partial charge >= 0.3 is 13.8 Å². The number of carbonyl (C=O) groups excluding carboxylic acids is 1. The zero-order valence-corrected chi connectivity index (χ0v) is 46.7. The van der Waals surface area contributed by atoms with Crippen molar-refractivity contribution in [3.05, 3.63) is 72.9 Å². The Morgan fingerprint density at radius 2 is 0.797 bits per heavy atom. The highest BCUT2D eigenvalue weighted by Gasteiger charge is 2.26. The second kappa shape index (κ2) is 52.3. The van der Waals surface area contributed by atoms with Crippen molar-refractivity contribution in [3.63, 3.8) is 0 Å². The zero-order chi connectivity index (χ0) is 50.5. The summed E-state index contributed by atoms with van der Waals surface area (Å²) >= 11 is 0. The number of esters is 1. The van der Waals surface area contributed by atoms with E-state index in [1.165, 1.54) is 154 Å². The van der Waals surface area contributed by atoms with Crippen molar-refractivity contribution in [2.75, 3.05) is 54.1 Å². The number of allylic oxidation sites excluding steroid dienone is 12. The van der Waals surface area contributed by atoms with Crippen molar-refractivity contribution in [1.82, 2.24) is 0 Å². The Morgan fingerprint density at radius 3 is 1.19 bits per heavy atom. The van der Waals surface area contributed by atoms with Crippen molar-refractivity contribution in [1.29, 1.82) is 0 Å². The van der Waals surface area contributed by atoms with Crippen LogP contribution in [0.2, 0.25) is 0 Å². The molecule has 0 aromatic carbocycles. The third kappa shape index (κ3) is 56.7. The molecule has 0 aliphatic carbocycles. The first-order valence-electron chi connectivity index (χ1n) is 28.7. The minimum absolute atomic E-state index is 0.0823. The third-order valence-electron chi connectivity index (χ3n) is 12.2. The lowest BCUT2D eigenvalue weighted by atomic mass is 10.1. The smallest absolute Gasteiger partial charge is 0.457 e. The summed E-state index contributed by atoms with van der Waals surface area (Å²) in [5.41, 5.74) is 0. The van der Waals surface area contributed by atoms with Gasteiger partial charge in [0.15, 0.2) is 0 Å². The quantitative estimate of drug-likeness (QED) is 0.0213. The summed E-state index contributed by atoms with van der Waals surface area (Å²) in [7, 11) is 1.65. The van der Waals surface area contributed by atoms with Crippen LogP contribution in [-0.2, 0) is 27.9 Å². The SMILES string of the molecule is CCCCCCC/C=C\C/C=C\C/C=C\CCCCCCCCCCCCCOCC(COP(=O)(O)OCC[N+](C)(C)C)OC(=O)CCCCCCCC/C=C\C/C=C\C/C=C\CCCCCCC. The predicted molar refractivity (Wildman–Crippen MR) is 298 cm³/mol. The molecule has 0 fully saturated rings. The number of unbranched alkanes of at least 4 members (excludes halogenated alkanes) is 27. The number of hydrogen-bond acceptors (Lipinski definition) is 6. The molecule has 0 radical (unpaired) electrons. The molecule has 0 aromatic heterocycles. The van der Waals surface area contributed by atoms with E-state index in [4.69, 9.17) is 18.5 Å². The molecule has 0 bridgehead atoms. The predicted octanol–water partition coefficient (Wildman–Crippen LogP) is 18.2. The molecule has 8 nitrogen and oxygen atoms in total. The minimum atomic E-state index is -4.29. The van der Waals surface area contributed by atoms with Crippen LogP contribution in [0.5, 0.6) is 0 Å². The van der Waals surface area contributed by atoms with E-state index in [1.807, 2.05) is 21.1 Å². The number of ether oxygens (including phenoxy) is 2. The van der Waals surface area contributed by atoms with Gasteiger partial charge in [-0.1, -0.05) is 222 Å². The average Bonchev–Trinajstić information content (AvgIpc) is 3.31. The van der Waals surface area contributed by atoms with Gasteiger partial charge in [-0.25, -0.2) is 4.57 Å². The van der Waals surface area contributed by atoms with E-state index in [1.54, 1.807) is 0 Å². The van der Waals surface area contributed by atoms with Crippen molar-refractivity contribution in [2.45, 2.75) is 251 Å². The molecule has 0 spiro atoms. The number of phosphoric ester groups is 1. The summed E-state index contributed by atoms with van der Waals surface area (Å²) in [6.45, 7) is 5.59. The van der Waals surface area contributed by atoms with Gasteiger partial charge in [-0.05, 0) is 89.9 Å². The van der Waals surface area contributed by atoms with E-state index in [-0.39, 0.29) is 25.8 Å². The summed E-state index contributed by atoms with van der Waals surface area (Å²) in [5.74, 6) is -0.326. The van der Waals surface area contributed by atoms with Crippen LogP contribution in [0, 0.1) is 0 Å². The zero-order valence-electron chi connectivity index (χ0n) is 45.8. The number of likely N-dealkylation sites (N-methyl/N-ethyl adjacent to an activating group) is 1. The van der Waals surface area contributed by atoms with E-state index in [0.29, 0.717) is 24.1 Å². The second-order valence-corrected chi connectivity index (χ2v) is 21.8. The highest BCUT2D eigenvalue weighted by atomic mass is 31.2. The number of hydrogen-bond donors (Lipinski definition) is 1. The maximum atomic E-state index is 12.8. The van der Waals surface area contributed by atoms with Gasteiger partial charge in [0.1, 0.15) is 19.3 Å². The first kappa shape index (κ1) is 66.9. The van der Waals surface area contributed by atoms with E-state index in [0.717, 1.165) is 70.6 Å². The molecule has 2 atom stereocenters. The van der Waals surface area contributed by atoms with Crippen LogP contribution < -0.4 is 0 Å². The second-order valence-electron chi connectivity index (χ2n) is 20.3. The summed E-state index contributed by atoms with van der Waals surface area (Å²) in [5, 5.41) is 0. The van der Waals surface area contributed by atoms with Crippen LogP contribution in [0.3, 0.4) is 0 Å². The van der Waals surface area contributed by atoms with Gasteiger partial charge in [0.25, 0.3) is 0 Å². The van der Waals surface area contributed by atoms with Gasteiger partial charge in [0.05, 0.1) is 34.4 Å². The Morgan fingerprint density at radius 1 is 0.449 bits per heavy atom. The topological polar surface area (TPSA) is 91.3 Å². The number of phosphoric acid groups is 1. The average molecular weight is 990 g/mol. The first-order valence-corrected chi connectivity index (χ1v) is 30.2. The summed E-state index contributed by atoms with van der Waals surface area (Å²) in [6.07, 6.45) is 69.6. The van der Waals surface area contributed by atoms with Crippen LogP contribution in [0.25, 0.3) is 0 Å². The van der Waals surface area contributed by atoms with Crippen molar-refractivity contribution >= 4 is 13.8 Å². The summed E-state index contributed by atoms with van der Waals surface area (Å²) in [6, 6.07) is 0. The van der Waals surface area contributed by atoms with E-state index in [2.05, 4.69) is 86.8 Å². The molecule has 402 valence electrons. The van der Waals surface area contributed by atoms with Crippen LogP contribution in [0.4, 0.5) is 0 Å². The fourth-order valence-electron chi connectivity index (χ4n) is 7.80. The minimum Gasteiger partial charge on any atom is -0.457 e. The van der Waals surface area contributed by atoms with Gasteiger partial charge in [-0.2, -0.15) is 0 Å². The summed E-state index contributed by atoms with van der Waals surface area (Å²) < 4.78 is 35.2. The number of rotatable bonds is 53. The molecule has 0 aliphatic rings. The molecule has 0 amide bonds. The van der Waals surface area contributed by atoms with E-state index < -0.39 is 13.9 Å². The molecule has 1 N–H and O–H groups in total. The molecular weight excluding hydrogens is 878 g/mol. The van der Waals surface area contributed by atoms with Gasteiger partial charge in [0, 0.05) is 13.0 Å². The number of nitrogens with zero attached hydrogens (tertiary/aromatic N) is 1. The maximum Gasteiger partial charge on any atom is 0.472 e. The lowest BCUT2D eigenvalue weighted by Gasteiger charge is -2.24. The van der Waals surface area contributed by atoms with Crippen molar-refractivity contribution < 1.29 is 37.3 Å². The molecule has 0 saturated carbocycles. The lowest BCUT2D eigenvalue weighted by Crippen LogP contribution is -2.37. The number of carbonyl (C=O) groups is 1. The molecule has 0 aliphatic heterocycles. The normalized spacial score (nSPS) is 14.0. The third-order valence-corrected chi connectivity index (χ3v) is 13.2. The van der Waals surface area contributed by atoms with Gasteiger partial charge in [-0.15, -0.1) is 0 Å². The number of quaternary nitrogens is 1. The Kier molecular flexibility index (Phi) is 50.7. The van der Waals surface area contributed by atoms with Gasteiger partial charge < -0.3 is 18.9 Å². The lowest BCUT2D eigenvalue weighted by molar-refractivity contribution is -0.870. The molecule has 0 rings (SSSR count). The highest BCUT2D eigenvalue weighted by molar-refractivity contribution is 7.47. The molecule has 2 unspecified atom stereocenters. The van der Waals surface area contributed by atoms with Crippen molar-refractivity contribution in [2.24, 2.45) is 0 Å². The first-order chi connectivity index (χ1) is 33.6. The Bertz CT molecular complexity index is 1330. The monoisotopic (exact) mass is 989 g/mol. The molecule has 0 saturated heterocycles. The molecule has 9 heteroatoms. The van der Waals surface area contributed by atoms with Crippen LogP contribution in [-0.4, -0.2) is 75.6 Å². The van der Waals surface area contributed by atoms with Crippen LogP contribution in [0.15, 0.2) is 72.9 Å². The largest absolute Gasteiger partial charge is 0.472 e. The van der Waals surface area contributed by atoms with Crippen LogP contribution >= 0.6 is 7.82 Å². The maximum absolute atomic E-state index is 12.8. The molecule has 0 heterocycles. The fraction of sp³-hybridized carbons (Fsp3) is 0.783. The van der Waals surface area contributed by atoms with Gasteiger partial charge in [0.2, 0.25) is 0 Å². The van der Waals surface area contributed by atoms with E-state index in [9.17, 15) is 14.3 Å². The Labute approximate surface area is 427 Å². The Hall–Kier alpha value is -2.06. The fourth-order valence-corrected chi connectivity index (χ4v) is 8.54. The summed E-state index contributed by atoms with van der Waals surface area (Å²) in [4.78, 5) is 23.1. The van der Waals surface area contributed by atoms with Gasteiger partial charge in [-0.3, -0.25) is 13.8 Å². The van der Waals surface area contributed by atoms with Crippen LogP contribution in [0.1, 0.15) is 245 Å². The Balaban J connectivity index is 4.12. The molecule has 69 heavy (non-hydrogen) atoms.